The number of hydrogen-bond donors (Lipinski definition) is 0. The third-order valence-electron chi connectivity index (χ3n) is 12.1. The lowest BCUT2D eigenvalue weighted by atomic mass is 9.97. The maximum atomic E-state index is 2.72. The third kappa shape index (κ3) is 6.46. The second kappa shape index (κ2) is 12.6. The SMILES string of the molecule is CC(C)(C)P1CCCC1[C@H]1CCC[P@]1C(C)(C)CCC(C)(C)[P@]1Cc2ccccc2[C@H]1C1c2ccccc2CP1C(C)(C)C. The van der Waals surface area contributed by atoms with E-state index in [1.54, 1.807) is 47.4 Å². The molecular formula is C40H62P4. The fraction of sp³-hybridized carbons (Fsp3) is 0.700. The van der Waals surface area contributed by atoms with Crippen molar-refractivity contribution < 1.29 is 0 Å². The Bertz CT molecular complexity index is 1310. The van der Waals surface area contributed by atoms with Crippen LogP contribution in [0.5, 0.6) is 0 Å². The zero-order valence-electron chi connectivity index (χ0n) is 29.8. The predicted octanol–water partition coefficient (Wildman–Crippen LogP) is 13.7. The van der Waals surface area contributed by atoms with Crippen LogP contribution in [0.3, 0.4) is 0 Å². The summed E-state index contributed by atoms with van der Waals surface area (Å²) in [5.41, 5.74) is 10.3. The molecule has 0 radical (unpaired) electrons. The van der Waals surface area contributed by atoms with Gasteiger partial charge in [0.1, 0.15) is 0 Å². The van der Waals surface area contributed by atoms with Crippen molar-refractivity contribution in [1.29, 1.82) is 0 Å². The monoisotopic (exact) mass is 666 g/mol. The lowest BCUT2D eigenvalue weighted by Crippen LogP contribution is -2.32. The van der Waals surface area contributed by atoms with Crippen LogP contribution in [0.1, 0.15) is 141 Å². The molecule has 0 N–H and O–H groups in total. The maximum absolute atomic E-state index is 2.72. The Hall–Kier alpha value is 0.160. The number of rotatable bonds is 7. The minimum atomic E-state index is -0.169. The molecule has 242 valence electrons. The van der Waals surface area contributed by atoms with Crippen molar-refractivity contribution >= 4 is 31.7 Å². The average molecular weight is 667 g/mol. The topological polar surface area (TPSA) is 0 Å². The summed E-state index contributed by atoms with van der Waals surface area (Å²) in [5.74, 6) is 0. The molecule has 2 aromatic rings. The quantitative estimate of drug-likeness (QED) is 0.258. The average Bonchev–Trinajstić information content (AvgIpc) is 3.74. The summed E-state index contributed by atoms with van der Waals surface area (Å²) in [4.78, 5) is 0. The molecular weight excluding hydrogens is 604 g/mol. The van der Waals surface area contributed by atoms with Gasteiger partial charge in [-0.3, -0.25) is 0 Å². The predicted molar refractivity (Wildman–Crippen MR) is 206 cm³/mol. The summed E-state index contributed by atoms with van der Waals surface area (Å²) < 4.78 is 0. The van der Waals surface area contributed by atoms with Gasteiger partial charge in [-0.25, -0.2) is 0 Å². The fourth-order valence-corrected chi connectivity index (χ4v) is 25.7. The molecule has 0 spiro atoms. The molecule has 4 aliphatic heterocycles. The minimum absolute atomic E-state index is 0.101. The Morgan fingerprint density at radius 3 is 1.45 bits per heavy atom. The molecule has 0 aromatic heterocycles. The summed E-state index contributed by atoms with van der Waals surface area (Å²) in [6.45, 7) is 26.2. The second-order valence-corrected chi connectivity index (χ2v) is 30.6. The van der Waals surface area contributed by atoms with Gasteiger partial charge in [0.05, 0.1) is 0 Å². The number of hydrogen-bond acceptors (Lipinski definition) is 0. The molecule has 44 heavy (non-hydrogen) atoms. The van der Waals surface area contributed by atoms with Gasteiger partial charge in [0.25, 0.3) is 0 Å². The Labute approximate surface area is 277 Å². The van der Waals surface area contributed by atoms with Gasteiger partial charge >= 0.3 is 0 Å². The van der Waals surface area contributed by atoms with Crippen molar-refractivity contribution in [2.45, 2.75) is 163 Å². The van der Waals surface area contributed by atoms with E-state index in [4.69, 9.17) is 0 Å². The van der Waals surface area contributed by atoms with Crippen molar-refractivity contribution in [3.05, 3.63) is 70.8 Å². The van der Waals surface area contributed by atoms with Crippen LogP contribution in [0, 0.1) is 0 Å². The fourth-order valence-electron chi connectivity index (χ4n) is 9.63. The molecule has 2 aromatic carbocycles. The van der Waals surface area contributed by atoms with E-state index < -0.39 is 0 Å². The summed E-state index contributed by atoms with van der Waals surface area (Å²) in [6, 6.07) is 19.3. The lowest BCUT2D eigenvalue weighted by molar-refractivity contribution is 0.514. The van der Waals surface area contributed by atoms with Gasteiger partial charge in [-0.15, -0.1) is 0 Å². The Morgan fingerprint density at radius 2 is 0.932 bits per heavy atom. The molecule has 8 atom stereocenters. The van der Waals surface area contributed by atoms with E-state index in [9.17, 15) is 0 Å². The van der Waals surface area contributed by atoms with E-state index in [1.807, 2.05) is 0 Å². The van der Waals surface area contributed by atoms with Gasteiger partial charge in [0, 0.05) is 11.3 Å². The van der Waals surface area contributed by atoms with Crippen molar-refractivity contribution in [2.75, 3.05) is 12.3 Å². The molecule has 4 heteroatoms. The van der Waals surface area contributed by atoms with Crippen molar-refractivity contribution in [3.63, 3.8) is 0 Å². The summed E-state index contributed by atoms with van der Waals surface area (Å²) in [5, 5.41) is 1.80. The van der Waals surface area contributed by atoms with E-state index >= 15 is 0 Å². The van der Waals surface area contributed by atoms with Crippen LogP contribution in [-0.4, -0.2) is 44.3 Å². The van der Waals surface area contributed by atoms with Crippen LogP contribution in [0.2, 0.25) is 0 Å². The molecule has 0 aliphatic carbocycles. The van der Waals surface area contributed by atoms with E-state index in [-0.39, 0.29) is 31.7 Å². The summed E-state index contributed by atoms with van der Waals surface area (Å²) in [7, 11) is -0.0225. The van der Waals surface area contributed by atoms with Crippen LogP contribution in [0.4, 0.5) is 0 Å². The Morgan fingerprint density at radius 1 is 0.523 bits per heavy atom. The normalized spacial score (nSPS) is 32.7. The maximum Gasteiger partial charge on any atom is 0.0161 e. The first kappa shape index (κ1) is 34.0. The number of benzene rings is 2. The van der Waals surface area contributed by atoms with Crippen molar-refractivity contribution in [2.24, 2.45) is 0 Å². The highest BCUT2D eigenvalue weighted by atomic mass is 31.1. The second-order valence-electron chi connectivity index (χ2n) is 17.8. The Balaban J connectivity index is 1.27. The van der Waals surface area contributed by atoms with Gasteiger partial charge in [0.15, 0.2) is 0 Å². The molecule has 0 nitrogen and oxygen atoms in total. The summed E-state index contributed by atoms with van der Waals surface area (Å²) in [6.07, 6.45) is 14.7. The first-order chi connectivity index (χ1) is 20.6. The van der Waals surface area contributed by atoms with Crippen LogP contribution in [0.25, 0.3) is 0 Å². The molecule has 4 aliphatic rings. The van der Waals surface area contributed by atoms with Gasteiger partial charge in [-0.05, 0) is 117 Å². The van der Waals surface area contributed by atoms with Crippen molar-refractivity contribution in [1.82, 2.24) is 0 Å². The summed E-state index contributed by atoms with van der Waals surface area (Å²) >= 11 is 0. The van der Waals surface area contributed by atoms with Gasteiger partial charge in [-0.1, -0.05) is 149 Å². The zero-order valence-corrected chi connectivity index (χ0v) is 33.4. The molecule has 4 unspecified atom stereocenters. The highest BCUT2D eigenvalue weighted by Crippen LogP contribution is 2.82. The molecule has 2 fully saturated rings. The van der Waals surface area contributed by atoms with Gasteiger partial charge in [0.2, 0.25) is 0 Å². The van der Waals surface area contributed by atoms with Gasteiger partial charge < -0.3 is 0 Å². The molecule has 0 bridgehead atoms. The third-order valence-corrected chi connectivity index (χ3v) is 27.8. The first-order valence-electron chi connectivity index (χ1n) is 17.8. The van der Waals surface area contributed by atoms with E-state index in [2.05, 4.69) is 118 Å². The molecule has 4 heterocycles. The molecule has 0 saturated carbocycles. The highest BCUT2D eigenvalue weighted by Gasteiger charge is 2.52. The molecule has 2 saturated heterocycles. The first-order valence-corrected chi connectivity index (χ1v) is 24.2. The van der Waals surface area contributed by atoms with Gasteiger partial charge in [-0.2, -0.15) is 0 Å². The Kier molecular flexibility index (Phi) is 9.71. The largest absolute Gasteiger partial charge is 0.0974 e. The van der Waals surface area contributed by atoms with E-state index in [1.165, 1.54) is 38.0 Å². The lowest BCUT2D eigenvalue weighted by Gasteiger charge is -2.46. The van der Waals surface area contributed by atoms with E-state index in [0.717, 1.165) is 11.3 Å². The van der Waals surface area contributed by atoms with Crippen LogP contribution in [-0.2, 0) is 12.3 Å². The zero-order chi connectivity index (χ0) is 31.7. The van der Waals surface area contributed by atoms with Crippen LogP contribution < -0.4 is 0 Å². The van der Waals surface area contributed by atoms with E-state index in [0.29, 0.717) is 31.9 Å². The molecule has 0 amide bonds. The highest BCUT2D eigenvalue weighted by molar-refractivity contribution is 7.65. The van der Waals surface area contributed by atoms with Crippen LogP contribution in [0.15, 0.2) is 48.5 Å². The minimum Gasteiger partial charge on any atom is -0.0974 e. The number of fused-ring (bicyclic) bond motifs is 2. The standard InChI is InChI=1S/C40H62P4/c1-37(2,3)41-25-15-21-33(41)34-22-16-26-42(34)39(7,8)23-24-40(9,10)44-28-30-18-12-14-20-32(30)36(44)35-31-19-13-11-17-29(31)27-43(35)38(4,5)6/h11-14,17-20,33-36H,15-16,21-28H2,1-10H3/t33?,34-,35?,36+,41?,42+,43?,44-/m1/s1. The molecule has 6 rings (SSSR count). The van der Waals surface area contributed by atoms with Crippen molar-refractivity contribution in [3.8, 4) is 0 Å². The smallest absolute Gasteiger partial charge is 0.0161 e. The van der Waals surface area contributed by atoms with Crippen LogP contribution >= 0.6 is 31.7 Å².